The van der Waals surface area contributed by atoms with E-state index in [1.807, 2.05) is 6.92 Å². The first-order valence-corrected chi connectivity index (χ1v) is 5.75. The van der Waals surface area contributed by atoms with E-state index >= 15 is 0 Å². The van der Waals surface area contributed by atoms with Crippen LogP contribution in [-0.4, -0.2) is 11.7 Å². The zero-order chi connectivity index (χ0) is 10.8. The average molecular weight is 196 g/mol. The molecule has 82 valence electrons. The van der Waals surface area contributed by atoms with E-state index in [0.29, 0.717) is 5.41 Å². The molecule has 1 N–H and O–H groups in total. The van der Waals surface area contributed by atoms with Gasteiger partial charge < -0.3 is 5.11 Å². The Kier molecular flexibility index (Phi) is 3.77. The van der Waals surface area contributed by atoms with Crippen molar-refractivity contribution in [2.45, 2.75) is 47.0 Å². The first-order chi connectivity index (χ1) is 6.48. The highest BCUT2D eigenvalue weighted by Crippen LogP contribution is 2.48. The molecule has 1 aliphatic carbocycles. The highest BCUT2D eigenvalue weighted by molar-refractivity contribution is 5.01. The minimum atomic E-state index is 0.211. The van der Waals surface area contributed by atoms with Crippen molar-refractivity contribution in [2.24, 2.45) is 17.3 Å². The fourth-order valence-electron chi connectivity index (χ4n) is 2.43. The van der Waals surface area contributed by atoms with Crippen LogP contribution in [-0.2, 0) is 0 Å². The summed E-state index contributed by atoms with van der Waals surface area (Å²) in [4.78, 5) is 0. The molecular weight excluding hydrogens is 172 g/mol. The second kappa shape index (κ2) is 4.48. The van der Waals surface area contributed by atoms with Gasteiger partial charge in [-0.3, -0.25) is 0 Å². The number of hydrogen-bond acceptors (Lipinski definition) is 1. The van der Waals surface area contributed by atoms with E-state index in [-0.39, 0.29) is 6.61 Å². The molecule has 1 heteroatoms. The van der Waals surface area contributed by atoms with Gasteiger partial charge >= 0.3 is 0 Å². The van der Waals surface area contributed by atoms with Crippen LogP contribution in [0.1, 0.15) is 47.0 Å². The van der Waals surface area contributed by atoms with E-state index in [2.05, 4.69) is 26.8 Å². The molecule has 0 saturated heterocycles. The summed E-state index contributed by atoms with van der Waals surface area (Å²) >= 11 is 0. The second-order valence-electron chi connectivity index (χ2n) is 5.44. The normalized spacial score (nSPS) is 32.2. The lowest BCUT2D eigenvalue weighted by Gasteiger charge is -2.30. The zero-order valence-electron chi connectivity index (χ0n) is 10.0. The number of aliphatic hydroxyl groups excluding tert-OH is 1. The van der Waals surface area contributed by atoms with Gasteiger partial charge in [0.25, 0.3) is 0 Å². The summed E-state index contributed by atoms with van der Waals surface area (Å²) in [7, 11) is 0. The maximum Gasteiger partial charge on any atom is 0.0639 e. The molecule has 1 rings (SSSR count). The maximum absolute atomic E-state index is 8.92. The van der Waals surface area contributed by atoms with Gasteiger partial charge in [-0.2, -0.15) is 0 Å². The van der Waals surface area contributed by atoms with Gasteiger partial charge in [0.15, 0.2) is 0 Å². The van der Waals surface area contributed by atoms with Gasteiger partial charge in [0, 0.05) is 0 Å². The van der Waals surface area contributed by atoms with Gasteiger partial charge in [0.2, 0.25) is 0 Å². The molecule has 0 amide bonds. The Morgan fingerprint density at radius 1 is 1.43 bits per heavy atom. The molecule has 0 heterocycles. The van der Waals surface area contributed by atoms with Gasteiger partial charge in [-0.15, -0.1) is 0 Å². The van der Waals surface area contributed by atoms with Crippen molar-refractivity contribution in [1.29, 1.82) is 0 Å². The molecule has 0 aromatic carbocycles. The van der Waals surface area contributed by atoms with Crippen LogP contribution in [0, 0.1) is 17.3 Å². The lowest BCUT2D eigenvalue weighted by molar-refractivity contribution is 0.199. The largest absolute Gasteiger partial charge is 0.392 e. The summed E-state index contributed by atoms with van der Waals surface area (Å²) in [6, 6.07) is 0. The minimum absolute atomic E-state index is 0.211. The zero-order valence-corrected chi connectivity index (χ0v) is 10.0. The van der Waals surface area contributed by atoms with Gasteiger partial charge in [-0.1, -0.05) is 32.4 Å². The Morgan fingerprint density at radius 3 is 2.50 bits per heavy atom. The number of allylic oxidation sites excluding steroid dienone is 1. The molecule has 14 heavy (non-hydrogen) atoms. The molecule has 0 bridgehead atoms. The molecule has 0 aromatic heterocycles. The Morgan fingerprint density at radius 2 is 2.07 bits per heavy atom. The van der Waals surface area contributed by atoms with Crippen LogP contribution in [0.2, 0.25) is 0 Å². The molecule has 1 nitrogen and oxygen atoms in total. The number of rotatable bonds is 3. The molecule has 2 atom stereocenters. The second-order valence-corrected chi connectivity index (χ2v) is 5.44. The summed E-state index contributed by atoms with van der Waals surface area (Å²) in [5.41, 5.74) is 1.59. The van der Waals surface area contributed by atoms with E-state index in [1.165, 1.54) is 12.8 Å². The van der Waals surface area contributed by atoms with Crippen molar-refractivity contribution in [1.82, 2.24) is 0 Å². The minimum Gasteiger partial charge on any atom is -0.392 e. The van der Waals surface area contributed by atoms with E-state index in [4.69, 9.17) is 5.11 Å². The summed E-state index contributed by atoms with van der Waals surface area (Å²) in [5.74, 6) is 1.65. The first-order valence-electron chi connectivity index (χ1n) is 5.75. The number of aliphatic hydroxyl groups is 1. The third kappa shape index (κ3) is 2.38. The van der Waals surface area contributed by atoms with Gasteiger partial charge in [0.1, 0.15) is 0 Å². The predicted molar refractivity (Wildman–Crippen MR) is 61.1 cm³/mol. The van der Waals surface area contributed by atoms with Crippen molar-refractivity contribution in [2.75, 3.05) is 6.61 Å². The lowest BCUT2D eigenvalue weighted by atomic mass is 9.75. The molecule has 0 aliphatic heterocycles. The monoisotopic (exact) mass is 196 g/mol. The molecular formula is C13H24O. The van der Waals surface area contributed by atoms with Crippen molar-refractivity contribution in [3.05, 3.63) is 11.6 Å². The highest BCUT2D eigenvalue weighted by atomic mass is 16.3. The van der Waals surface area contributed by atoms with Crippen LogP contribution < -0.4 is 0 Å². The van der Waals surface area contributed by atoms with E-state index in [1.54, 1.807) is 0 Å². The Balaban J connectivity index is 2.55. The summed E-state index contributed by atoms with van der Waals surface area (Å²) in [6.45, 7) is 9.35. The van der Waals surface area contributed by atoms with E-state index in [0.717, 1.165) is 23.8 Å². The number of hydrogen-bond donors (Lipinski definition) is 1. The molecule has 0 radical (unpaired) electrons. The van der Waals surface area contributed by atoms with Gasteiger partial charge in [0.05, 0.1) is 6.61 Å². The van der Waals surface area contributed by atoms with Crippen LogP contribution in [0.25, 0.3) is 0 Å². The van der Waals surface area contributed by atoms with E-state index in [9.17, 15) is 0 Å². The molecule has 1 aliphatic rings. The van der Waals surface area contributed by atoms with Crippen LogP contribution in [0.4, 0.5) is 0 Å². The standard InChI is InChI=1S/C13H24O/c1-10(9-14)5-7-12-8-6-11(2)13(12,3)4/h5,11-12,14H,6-9H2,1-4H3/b10-5+/t11-,12?/m1/s1. The average Bonchev–Trinajstić information content (AvgIpc) is 2.39. The summed E-state index contributed by atoms with van der Waals surface area (Å²) in [6.07, 6.45) is 6.07. The first kappa shape index (κ1) is 11.8. The third-order valence-corrected chi connectivity index (χ3v) is 4.27. The topological polar surface area (TPSA) is 20.2 Å². The lowest BCUT2D eigenvalue weighted by Crippen LogP contribution is -2.22. The van der Waals surface area contributed by atoms with Crippen LogP contribution in [0.3, 0.4) is 0 Å². The fourth-order valence-corrected chi connectivity index (χ4v) is 2.43. The molecule has 0 aromatic rings. The quantitative estimate of drug-likeness (QED) is 0.686. The van der Waals surface area contributed by atoms with E-state index < -0.39 is 0 Å². The molecule has 1 saturated carbocycles. The summed E-state index contributed by atoms with van der Waals surface area (Å²) in [5, 5.41) is 8.92. The maximum atomic E-state index is 8.92. The Bertz CT molecular complexity index is 215. The Labute approximate surface area is 88.2 Å². The van der Waals surface area contributed by atoms with Crippen molar-refractivity contribution in [3.8, 4) is 0 Å². The van der Waals surface area contributed by atoms with Gasteiger partial charge in [-0.05, 0) is 43.4 Å². The van der Waals surface area contributed by atoms with Crippen molar-refractivity contribution in [3.63, 3.8) is 0 Å². The Hall–Kier alpha value is -0.300. The third-order valence-electron chi connectivity index (χ3n) is 4.27. The van der Waals surface area contributed by atoms with Crippen molar-refractivity contribution >= 4 is 0 Å². The van der Waals surface area contributed by atoms with Crippen molar-refractivity contribution < 1.29 is 5.11 Å². The molecule has 1 unspecified atom stereocenters. The van der Waals surface area contributed by atoms with Gasteiger partial charge in [-0.25, -0.2) is 0 Å². The van der Waals surface area contributed by atoms with Crippen LogP contribution in [0.15, 0.2) is 11.6 Å². The predicted octanol–water partition coefficient (Wildman–Crippen LogP) is 3.39. The summed E-state index contributed by atoms with van der Waals surface area (Å²) < 4.78 is 0. The van der Waals surface area contributed by atoms with Crippen LogP contribution in [0.5, 0.6) is 0 Å². The molecule has 0 spiro atoms. The highest BCUT2D eigenvalue weighted by Gasteiger charge is 2.39. The fraction of sp³-hybridized carbons (Fsp3) is 0.846. The molecule has 1 fully saturated rings. The SMILES string of the molecule is C/C(=C\CC1CC[C@@H](C)C1(C)C)CO. The smallest absolute Gasteiger partial charge is 0.0639 e. The van der Waals surface area contributed by atoms with Crippen LogP contribution >= 0.6 is 0 Å².